The minimum Gasteiger partial charge on any atom is -0.353 e. The van der Waals surface area contributed by atoms with Crippen molar-refractivity contribution in [1.29, 1.82) is 0 Å². The van der Waals surface area contributed by atoms with Gasteiger partial charge in [0.1, 0.15) is 0 Å². The van der Waals surface area contributed by atoms with E-state index in [1.807, 2.05) is 24.3 Å². The number of hydrogen-bond acceptors (Lipinski definition) is 3. The second-order valence-electron chi connectivity index (χ2n) is 5.70. The van der Waals surface area contributed by atoms with Gasteiger partial charge in [-0.05, 0) is 25.0 Å². The molecular formula is C16H20N2O2S. The molecule has 3 rings (SSSR count). The van der Waals surface area contributed by atoms with Crippen molar-refractivity contribution >= 4 is 29.3 Å². The number of rotatable bonds is 3. The molecule has 1 aromatic carbocycles. The Morgan fingerprint density at radius 1 is 1.24 bits per heavy atom. The van der Waals surface area contributed by atoms with E-state index in [4.69, 9.17) is 0 Å². The van der Waals surface area contributed by atoms with E-state index in [1.165, 1.54) is 31.0 Å². The van der Waals surface area contributed by atoms with Gasteiger partial charge in [0.25, 0.3) is 0 Å². The summed E-state index contributed by atoms with van der Waals surface area (Å²) < 4.78 is 0. The molecule has 1 heterocycles. The Morgan fingerprint density at radius 3 is 2.81 bits per heavy atom. The van der Waals surface area contributed by atoms with Gasteiger partial charge in [0.15, 0.2) is 0 Å². The molecule has 4 nitrogen and oxygen atoms in total. The zero-order valence-electron chi connectivity index (χ0n) is 11.9. The van der Waals surface area contributed by atoms with E-state index < -0.39 is 0 Å². The number of hydrogen-bond donors (Lipinski definition) is 2. The highest BCUT2D eigenvalue weighted by atomic mass is 32.2. The minimum atomic E-state index is -0.330. The van der Waals surface area contributed by atoms with Crippen LogP contribution in [-0.4, -0.2) is 23.1 Å². The van der Waals surface area contributed by atoms with Gasteiger partial charge in [-0.1, -0.05) is 31.4 Å². The van der Waals surface area contributed by atoms with Gasteiger partial charge in [0, 0.05) is 17.4 Å². The molecule has 1 saturated carbocycles. The maximum Gasteiger partial charge on any atom is 0.238 e. The molecule has 0 radical (unpaired) electrons. The summed E-state index contributed by atoms with van der Waals surface area (Å²) in [5.41, 5.74) is 0.844. The maximum absolute atomic E-state index is 12.1. The molecule has 1 aliphatic carbocycles. The zero-order chi connectivity index (χ0) is 14.7. The van der Waals surface area contributed by atoms with Gasteiger partial charge < -0.3 is 10.6 Å². The summed E-state index contributed by atoms with van der Waals surface area (Å²) in [6, 6.07) is 8.01. The third kappa shape index (κ3) is 3.59. The van der Waals surface area contributed by atoms with E-state index in [2.05, 4.69) is 10.6 Å². The van der Waals surface area contributed by atoms with E-state index >= 15 is 0 Å². The van der Waals surface area contributed by atoms with Crippen LogP contribution in [0.4, 0.5) is 5.69 Å². The Bertz CT molecular complexity index is 541. The Hall–Kier alpha value is -1.49. The van der Waals surface area contributed by atoms with Crippen molar-refractivity contribution in [2.45, 2.75) is 54.7 Å². The number of benzene rings is 1. The summed E-state index contributed by atoms with van der Waals surface area (Å²) in [4.78, 5) is 25.2. The lowest BCUT2D eigenvalue weighted by Crippen LogP contribution is -2.40. The summed E-state index contributed by atoms with van der Waals surface area (Å²) in [7, 11) is 0. The molecule has 0 saturated heterocycles. The summed E-state index contributed by atoms with van der Waals surface area (Å²) in [6.07, 6.45) is 6.04. The van der Waals surface area contributed by atoms with Crippen molar-refractivity contribution < 1.29 is 9.59 Å². The standard InChI is InChI=1S/C16H20N2O2S/c19-15(17-11-6-2-1-3-7-11)10-14-16(20)18-12-8-4-5-9-13(12)21-14/h4-5,8-9,11,14H,1-3,6-7,10H2,(H,17,19)(H,18,20)/t14-/m1/s1. The first kappa shape index (κ1) is 14.4. The van der Waals surface area contributed by atoms with Crippen LogP contribution in [0.15, 0.2) is 29.2 Å². The van der Waals surface area contributed by atoms with Crippen LogP contribution < -0.4 is 10.6 Å². The number of nitrogens with one attached hydrogen (secondary N) is 2. The molecule has 0 bridgehead atoms. The van der Waals surface area contributed by atoms with Crippen LogP contribution in [0.5, 0.6) is 0 Å². The molecule has 0 aromatic heterocycles. The van der Waals surface area contributed by atoms with Crippen molar-refractivity contribution in [3.05, 3.63) is 24.3 Å². The topological polar surface area (TPSA) is 58.2 Å². The number of thioether (sulfide) groups is 1. The van der Waals surface area contributed by atoms with Crippen LogP contribution in [0.1, 0.15) is 38.5 Å². The fourth-order valence-electron chi connectivity index (χ4n) is 2.93. The second kappa shape index (κ2) is 6.52. The van der Waals surface area contributed by atoms with Crippen LogP contribution in [0.3, 0.4) is 0 Å². The molecule has 0 spiro atoms. The molecule has 1 fully saturated rings. The van der Waals surface area contributed by atoms with E-state index in [9.17, 15) is 9.59 Å². The number of amides is 2. The fourth-order valence-corrected chi connectivity index (χ4v) is 4.04. The predicted molar refractivity (Wildman–Crippen MR) is 84.3 cm³/mol. The van der Waals surface area contributed by atoms with Crippen LogP contribution in [0.25, 0.3) is 0 Å². The summed E-state index contributed by atoms with van der Waals surface area (Å²) in [5, 5.41) is 5.63. The van der Waals surface area contributed by atoms with Crippen molar-refractivity contribution in [3.8, 4) is 0 Å². The maximum atomic E-state index is 12.1. The average molecular weight is 304 g/mol. The monoisotopic (exact) mass is 304 g/mol. The second-order valence-corrected chi connectivity index (χ2v) is 6.94. The lowest BCUT2D eigenvalue weighted by Gasteiger charge is -2.26. The van der Waals surface area contributed by atoms with Crippen molar-refractivity contribution in [3.63, 3.8) is 0 Å². The molecule has 2 aliphatic rings. The largest absolute Gasteiger partial charge is 0.353 e. The normalized spacial score (nSPS) is 22.3. The van der Waals surface area contributed by atoms with Crippen molar-refractivity contribution in [2.75, 3.05) is 5.32 Å². The Labute approximate surface area is 129 Å². The molecular weight excluding hydrogens is 284 g/mol. The van der Waals surface area contributed by atoms with Crippen LogP contribution in [0.2, 0.25) is 0 Å². The van der Waals surface area contributed by atoms with Crippen LogP contribution in [0, 0.1) is 0 Å². The smallest absolute Gasteiger partial charge is 0.238 e. The molecule has 1 aromatic rings. The molecule has 0 unspecified atom stereocenters. The summed E-state index contributed by atoms with van der Waals surface area (Å²) >= 11 is 1.48. The molecule has 1 atom stereocenters. The van der Waals surface area contributed by atoms with E-state index in [1.54, 1.807) is 0 Å². The first-order valence-corrected chi connectivity index (χ1v) is 8.46. The van der Waals surface area contributed by atoms with Gasteiger partial charge in [-0.2, -0.15) is 0 Å². The van der Waals surface area contributed by atoms with Gasteiger partial charge in [-0.25, -0.2) is 0 Å². The van der Waals surface area contributed by atoms with Crippen molar-refractivity contribution in [1.82, 2.24) is 5.32 Å². The van der Waals surface area contributed by atoms with E-state index in [0.29, 0.717) is 6.04 Å². The number of para-hydroxylation sites is 1. The Morgan fingerprint density at radius 2 is 2.00 bits per heavy atom. The van der Waals surface area contributed by atoms with Gasteiger partial charge >= 0.3 is 0 Å². The van der Waals surface area contributed by atoms with Crippen LogP contribution >= 0.6 is 11.8 Å². The third-order valence-electron chi connectivity index (χ3n) is 4.05. The molecule has 1 aliphatic heterocycles. The lowest BCUT2D eigenvalue weighted by molar-refractivity contribution is -0.124. The average Bonchev–Trinajstić information content (AvgIpc) is 2.49. The number of anilines is 1. The van der Waals surface area contributed by atoms with Gasteiger partial charge in [0.2, 0.25) is 11.8 Å². The highest BCUT2D eigenvalue weighted by Crippen LogP contribution is 2.36. The highest BCUT2D eigenvalue weighted by Gasteiger charge is 2.29. The molecule has 2 amide bonds. The quantitative estimate of drug-likeness (QED) is 0.902. The Balaban J connectivity index is 1.57. The van der Waals surface area contributed by atoms with Crippen molar-refractivity contribution in [2.24, 2.45) is 0 Å². The van der Waals surface area contributed by atoms with Crippen LogP contribution in [-0.2, 0) is 9.59 Å². The SMILES string of the molecule is O=C(C[C@H]1Sc2ccccc2NC1=O)NC1CCCCC1. The predicted octanol–water partition coefficient (Wildman–Crippen LogP) is 2.94. The van der Waals surface area contributed by atoms with Gasteiger partial charge in [-0.3, -0.25) is 9.59 Å². The zero-order valence-corrected chi connectivity index (χ0v) is 12.7. The molecule has 21 heavy (non-hydrogen) atoms. The van der Waals surface area contributed by atoms with E-state index in [-0.39, 0.29) is 23.5 Å². The van der Waals surface area contributed by atoms with Gasteiger partial charge in [0.05, 0.1) is 10.9 Å². The van der Waals surface area contributed by atoms with E-state index in [0.717, 1.165) is 23.4 Å². The molecule has 2 N–H and O–H groups in total. The minimum absolute atomic E-state index is 0.00562. The third-order valence-corrected chi connectivity index (χ3v) is 5.32. The first-order valence-electron chi connectivity index (χ1n) is 7.58. The number of fused-ring (bicyclic) bond motifs is 1. The lowest BCUT2D eigenvalue weighted by atomic mass is 9.95. The number of carbonyl (C=O) groups excluding carboxylic acids is 2. The summed E-state index contributed by atoms with van der Waals surface area (Å²) in [5.74, 6) is -0.0774. The molecule has 5 heteroatoms. The fraction of sp³-hybridized carbons (Fsp3) is 0.500. The van der Waals surface area contributed by atoms with Gasteiger partial charge in [-0.15, -0.1) is 11.8 Å². The Kier molecular flexibility index (Phi) is 4.48. The number of carbonyl (C=O) groups is 2. The first-order chi connectivity index (χ1) is 10.2. The highest BCUT2D eigenvalue weighted by molar-refractivity contribution is 8.01. The summed E-state index contributed by atoms with van der Waals surface area (Å²) in [6.45, 7) is 0. The molecule has 112 valence electrons.